The zero-order valence-corrected chi connectivity index (χ0v) is 15.8. The van der Waals surface area contributed by atoms with Crippen molar-refractivity contribution in [2.24, 2.45) is 0 Å². The van der Waals surface area contributed by atoms with Gasteiger partial charge in [-0.3, -0.25) is 9.36 Å². The first-order valence-electron chi connectivity index (χ1n) is 9.10. The molecule has 2 N–H and O–H groups in total. The van der Waals surface area contributed by atoms with Gasteiger partial charge in [0.1, 0.15) is 0 Å². The van der Waals surface area contributed by atoms with E-state index in [9.17, 15) is 9.59 Å². The van der Waals surface area contributed by atoms with Gasteiger partial charge in [-0.1, -0.05) is 18.7 Å². The predicted octanol–water partition coefficient (Wildman–Crippen LogP) is 2.70. The Morgan fingerprint density at radius 1 is 1.23 bits per heavy atom. The number of aromatic amines is 1. The number of aromatic nitrogens is 3. The van der Waals surface area contributed by atoms with Gasteiger partial charge in [-0.2, -0.15) is 0 Å². The molecular weight excluding hydrogens is 350 g/mol. The van der Waals surface area contributed by atoms with E-state index in [-0.39, 0.29) is 17.3 Å². The average Bonchev–Trinajstić information content (AvgIpc) is 3.02. The summed E-state index contributed by atoms with van der Waals surface area (Å²) < 4.78 is 1.56. The minimum Gasteiger partial charge on any atom is -0.372 e. The first kappa shape index (κ1) is 18.6. The molecule has 0 bridgehead atoms. The van der Waals surface area contributed by atoms with Crippen LogP contribution in [0.3, 0.4) is 0 Å². The fraction of sp³-hybridized carbons (Fsp3) is 0.500. The van der Waals surface area contributed by atoms with Gasteiger partial charge in [0.05, 0.1) is 5.75 Å². The summed E-state index contributed by atoms with van der Waals surface area (Å²) in [6, 6.07) is 7.99. The van der Waals surface area contributed by atoms with Crippen LogP contribution < -0.4 is 15.9 Å². The van der Waals surface area contributed by atoms with E-state index in [1.54, 1.807) is 4.57 Å². The van der Waals surface area contributed by atoms with E-state index in [1.165, 1.54) is 36.7 Å². The standard InChI is InChI=1S/C18H25N5O2S/c1-2-10-23-17(25)20-21-18(23)26-13-16(24)19-14-6-8-15(9-7-14)22-11-4-3-5-12-22/h6-9H,2-5,10-13H2,1H3,(H,19,24)(H,20,25). The van der Waals surface area contributed by atoms with Crippen molar-refractivity contribution in [3.05, 3.63) is 34.7 Å². The number of rotatable bonds is 7. The summed E-state index contributed by atoms with van der Waals surface area (Å²) in [5.41, 5.74) is 1.75. The Labute approximate surface area is 157 Å². The molecule has 2 aromatic rings. The van der Waals surface area contributed by atoms with E-state index < -0.39 is 0 Å². The molecular formula is C18H25N5O2S. The Morgan fingerprint density at radius 2 is 1.96 bits per heavy atom. The molecule has 0 saturated carbocycles. The Bertz CT molecular complexity index is 778. The van der Waals surface area contributed by atoms with Crippen molar-refractivity contribution in [2.45, 2.75) is 44.3 Å². The lowest BCUT2D eigenvalue weighted by Crippen LogP contribution is -2.29. The fourth-order valence-electron chi connectivity index (χ4n) is 3.07. The molecule has 140 valence electrons. The van der Waals surface area contributed by atoms with E-state index in [0.717, 1.165) is 25.2 Å². The Morgan fingerprint density at radius 3 is 2.65 bits per heavy atom. The summed E-state index contributed by atoms with van der Waals surface area (Å²) in [4.78, 5) is 26.2. The summed E-state index contributed by atoms with van der Waals surface area (Å²) in [5, 5.41) is 9.86. The van der Waals surface area contributed by atoms with Crippen molar-refractivity contribution in [3.8, 4) is 0 Å². The number of benzene rings is 1. The number of nitrogens with zero attached hydrogens (tertiary/aromatic N) is 3. The van der Waals surface area contributed by atoms with Crippen LogP contribution in [0.25, 0.3) is 0 Å². The van der Waals surface area contributed by atoms with Gasteiger partial charge >= 0.3 is 5.69 Å². The molecule has 8 heteroatoms. The molecule has 0 radical (unpaired) electrons. The zero-order chi connectivity index (χ0) is 18.4. The Balaban J connectivity index is 1.52. The summed E-state index contributed by atoms with van der Waals surface area (Å²) in [6.45, 7) is 4.79. The second-order valence-corrected chi connectivity index (χ2v) is 7.34. The maximum atomic E-state index is 12.2. The summed E-state index contributed by atoms with van der Waals surface area (Å²) in [6.07, 6.45) is 4.63. The van der Waals surface area contributed by atoms with Crippen molar-refractivity contribution in [3.63, 3.8) is 0 Å². The predicted molar refractivity (Wildman–Crippen MR) is 105 cm³/mol. The van der Waals surface area contributed by atoms with E-state index in [0.29, 0.717) is 11.7 Å². The number of thioether (sulfide) groups is 1. The topological polar surface area (TPSA) is 83.0 Å². The number of amides is 1. The third-order valence-corrected chi connectivity index (χ3v) is 5.35. The molecule has 1 amide bonds. The molecule has 1 aliphatic rings. The third kappa shape index (κ3) is 4.69. The first-order chi connectivity index (χ1) is 12.7. The second kappa shape index (κ2) is 8.93. The molecule has 1 saturated heterocycles. The van der Waals surface area contributed by atoms with Crippen molar-refractivity contribution in [1.29, 1.82) is 0 Å². The number of carbonyl (C=O) groups excluding carboxylic acids is 1. The van der Waals surface area contributed by atoms with Gasteiger partial charge in [0.25, 0.3) is 0 Å². The van der Waals surface area contributed by atoms with E-state index in [2.05, 4.69) is 32.5 Å². The summed E-state index contributed by atoms with van der Waals surface area (Å²) in [5.74, 6) is 0.0984. The van der Waals surface area contributed by atoms with Gasteiger partial charge in [0, 0.05) is 31.0 Å². The van der Waals surface area contributed by atoms with Crippen molar-refractivity contribution >= 4 is 29.0 Å². The maximum absolute atomic E-state index is 12.2. The molecule has 1 aromatic heterocycles. The number of hydrogen-bond donors (Lipinski definition) is 2. The molecule has 1 fully saturated rings. The third-order valence-electron chi connectivity index (χ3n) is 4.38. The highest BCUT2D eigenvalue weighted by atomic mass is 32.2. The molecule has 2 heterocycles. The normalized spacial score (nSPS) is 14.4. The van der Waals surface area contributed by atoms with E-state index >= 15 is 0 Å². The van der Waals surface area contributed by atoms with Crippen LogP contribution in [0.2, 0.25) is 0 Å². The Hall–Kier alpha value is -2.22. The number of hydrogen-bond acceptors (Lipinski definition) is 5. The quantitative estimate of drug-likeness (QED) is 0.727. The molecule has 7 nitrogen and oxygen atoms in total. The van der Waals surface area contributed by atoms with Crippen LogP contribution in [-0.2, 0) is 11.3 Å². The van der Waals surface area contributed by atoms with Gasteiger partial charge in [0.2, 0.25) is 5.91 Å². The highest BCUT2D eigenvalue weighted by Gasteiger charge is 2.12. The minimum atomic E-state index is -0.233. The molecule has 1 aliphatic heterocycles. The maximum Gasteiger partial charge on any atom is 0.343 e. The summed E-state index contributed by atoms with van der Waals surface area (Å²) in [7, 11) is 0. The van der Waals surface area contributed by atoms with Crippen LogP contribution in [0.1, 0.15) is 32.6 Å². The van der Waals surface area contributed by atoms with Gasteiger partial charge in [-0.25, -0.2) is 9.89 Å². The molecule has 0 atom stereocenters. The highest BCUT2D eigenvalue weighted by Crippen LogP contribution is 2.22. The first-order valence-corrected chi connectivity index (χ1v) is 10.1. The van der Waals surface area contributed by atoms with Gasteiger partial charge < -0.3 is 10.2 Å². The smallest absolute Gasteiger partial charge is 0.343 e. The molecule has 0 spiro atoms. The summed E-state index contributed by atoms with van der Waals surface area (Å²) >= 11 is 1.26. The lowest BCUT2D eigenvalue weighted by Gasteiger charge is -2.28. The number of nitrogens with one attached hydrogen (secondary N) is 2. The lowest BCUT2D eigenvalue weighted by atomic mass is 10.1. The SMILES string of the molecule is CCCn1c(SCC(=O)Nc2ccc(N3CCCCC3)cc2)n[nH]c1=O. The fourth-order valence-corrected chi connectivity index (χ4v) is 3.84. The van der Waals surface area contributed by atoms with Crippen LogP contribution in [0.5, 0.6) is 0 Å². The number of carbonyl (C=O) groups is 1. The molecule has 3 rings (SSSR count). The van der Waals surface area contributed by atoms with Crippen LogP contribution >= 0.6 is 11.8 Å². The monoisotopic (exact) mass is 375 g/mol. The Kier molecular flexibility index (Phi) is 6.38. The van der Waals surface area contributed by atoms with Crippen molar-refractivity contribution in [2.75, 3.05) is 29.1 Å². The van der Waals surface area contributed by atoms with E-state index in [4.69, 9.17) is 0 Å². The lowest BCUT2D eigenvalue weighted by molar-refractivity contribution is -0.113. The molecule has 1 aromatic carbocycles. The number of anilines is 2. The average molecular weight is 375 g/mol. The van der Waals surface area contributed by atoms with Gasteiger partial charge in [0.15, 0.2) is 5.16 Å². The van der Waals surface area contributed by atoms with Crippen molar-refractivity contribution in [1.82, 2.24) is 14.8 Å². The molecule has 0 unspecified atom stereocenters. The van der Waals surface area contributed by atoms with Gasteiger partial charge in [-0.05, 0) is 49.9 Å². The number of piperidine rings is 1. The van der Waals surface area contributed by atoms with Crippen molar-refractivity contribution < 1.29 is 4.79 Å². The largest absolute Gasteiger partial charge is 0.372 e. The van der Waals surface area contributed by atoms with Crippen LogP contribution in [-0.4, -0.2) is 39.5 Å². The van der Waals surface area contributed by atoms with Crippen LogP contribution in [0.4, 0.5) is 11.4 Å². The molecule has 26 heavy (non-hydrogen) atoms. The molecule has 0 aliphatic carbocycles. The minimum absolute atomic E-state index is 0.112. The van der Waals surface area contributed by atoms with Crippen LogP contribution in [0.15, 0.2) is 34.2 Å². The van der Waals surface area contributed by atoms with E-state index in [1.807, 2.05) is 19.1 Å². The second-order valence-electron chi connectivity index (χ2n) is 6.39. The van der Waals surface area contributed by atoms with Gasteiger partial charge in [-0.15, -0.1) is 5.10 Å². The van der Waals surface area contributed by atoms with Crippen LogP contribution in [0, 0.1) is 0 Å². The zero-order valence-electron chi connectivity index (χ0n) is 15.0. The number of H-pyrrole nitrogens is 1. The highest BCUT2D eigenvalue weighted by molar-refractivity contribution is 7.99.